The normalized spacial score (nSPS) is 12.1. The molecule has 21 heavy (non-hydrogen) atoms. The second-order valence-corrected chi connectivity index (χ2v) is 7.38. The Balaban J connectivity index is 0.00000400. The SMILES string of the molecule is Cc1cc(CCCC(=O)NC(CN)CC(C)C)c(C)s1.Cl. The van der Waals surface area contributed by atoms with E-state index in [4.69, 9.17) is 5.73 Å². The summed E-state index contributed by atoms with van der Waals surface area (Å²) < 4.78 is 0. The minimum absolute atomic E-state index is 0. The molecule has 1 amide bonds. The predicted octanol–water partition coefficient (Wildman–Crippen LogP) is 3.60. The molecule has 0 radical (unpaired) electrons. The summed E-state index contributed by atoms with van der Waals surface area (Å²) in [4.78, 5) is 14.6. The fraction of sp³-hybridized carbons (Fsp3) is 0.688. The Bertz CT molecular complexity index is 432. The highest BCUT2D eigenvalue weighted by Gasteiger charge is 2.12. The van der Waals surface area contributed by atoms with Gasteiger partial charge in [-0.2, -0.15) is 0 Å². The lowest BCUT2D eigenvalue weighted by atomic mass is 10.0. The molecular weight excluding hydrogens is 304 g/mol. The summed E-state index contributed by atoms with van der Waals surface area (Å²) in [6.45, 7) is 9.10. The zero-order valence-electron chi connectivity index (χ0n) is 13.6. The van der Waals surface area contributed by atoms with Gasteiger partial charge in [0.15, 0.2) is 0 Å². The fourth-order valence-corrected chi connectivity index (χ4v) is 3.43. The minimum atomic E-state index is 0. The lowest BCUT2D eigenvalue weighted by molar-refractivity contribution is -0.121. The first kappa shape index (κ1) is 20.4. The molecule has 0 saturated heterocycles. The Morgan fingerprint density at radius 3 is 2.52 bits per heavy atom. The molecule has 1 aromatic heterocycles. The van der Waals surface area contributed by atoms with Crippen molar-refractivity contribution in [1.82, 2.24) is 5.32 Å². The van der Waals surface area contributed by atoms with E-state index in [1.807, 2.05) is 11.3 Å². The maximum Gasteiger partial charge on any atom is 0.220 e. The minimum Gasteiger partial charge on any atom is -0.352 e. The van der Waals surface area contributed by atoms with Gasteiger partial charge in [-0.1, -0.05) is 13.8 Å². The predicted molar refractivity (Wildman–Crippen MR) is 94.4 cm³/mol. The average molecular weight is 333 g/mol. The standard InChI is InChI=1S/C16H28N2OS.ClH/c1-11(2)8-15(10-17)18-16(19)7-5-6-14-9-12(3)20-13(14)4;/h9,11,15H,5-8,10,17H2,1-4H3,(H,18,19);1H. The number of rotatable bonds is 8. The maximum atomic E-state index is 11.9. The molecule has 0 aliphatic rings. The molecule has 0 aliphatic heterocycles. The van der Waals surface area contributed by atoms with E-state index in [2.05, 4.69) is 39.1 Å². The maximum absolute atomic E-state index is 11.9. The number of halogens is 1. The van der Waals surface area contributed by atoms with E-state index in [1.165, 1.54) is 15.3 Å². The van der Waals surface area contributed by atoms with E-state index < -0.39 is 0 Å². The summed E-state index contributed by atoms with van der Waals surface area (Å²) in [5.41, 5.74) is 7.09. The zero-order valence-corrected chi connectivity index (χ0v) is 15.2. The number of hydrogen-bond donors (Lipinski definition) is 2. The molecule has 122 valence electrons. The van der Waals surface area contributed by atoms with Gasteiger partial charge in [0, 0.05) is 28.8 Å². The van der Waals surface area contributed by atoms with Crippen LogP contribution in [0.4, 0.5) is 0 Å². The van der Waals surface area contributed by atoms with Gasteiger partial charge in [0.25, 0.3) is 0 Å². The number of nitrogens with one attached hydrogen (secondary N) is 1. The number of carbonyl (C=O) groups is 1. The molecule has 1 heterocycles. The van der Waals surface area contributed by atoms with Gasteiger partial charge in [-0.3, -0.25) is 4.79 Å². The Morgan fingerprint density at radius 2 is 2.05 bits per heavy atom. The highest BCUT2D eigenvalue weighted by atomic mass is 35.5. The third-order valence-electron chi connectivity index (χ3n) is 3.40. The lowest BCUT2D eigenvalue weighted by Gasteiger charge is -2.18. The second kappa shape index (κ2) is 10.2. The van der Waals surface area contributed by atoms with Crippen LogP contribution in [0.25, 0.3) is 0 Å². The summed E-state index contributed by atoms with van der Waals surface area (Å²) in [5.74, 6) is 0.686. The molecule has 1 atom stereocenters. The van der Waals surface area contributed by atoms with Crippen molar-refractivity contribution in [3.05, 3.63) is 21.4 Å². The van der Waals surface area contributed by atoms with E-state index in [9.17, 15) is 4.79 Å². The van der Waals surface area contributed by atoms with Crippen LogP contribution in [0.1, 0.15) is 48.4 Å². The van der Waals surface area contributed by atoms with E-state index in [0.29, 0.717) is 18.9 Å². The number of thiophene rings is 1. The van der Waals surface area contributed by atoms with Gasteiger partial charge >= 0.3 is 0 Å². The Hall–Kier alpha value is -0.580. The second-order valence-electron chi connectivity index (χ2n) is 5.92. The highest BCUT2D eigenvalue weighted by Crippen LogP contribution is 2.22. The van der Waals surface area contributed by atoms with E-state index in [-0.39, 0.29) is 24.4 Å². The smallest absolute Gasteiger partial charge is 0.220 e. The molecule has 0 aromatic carbocycles. The van der Waals surface area contributed by atoms with Crippen LogP contribution in [0.15, 0.2) is 6.07 Å². The molecule has 1 unspecified atom stereocenters. The first-order chi connectivity index (χ1) is 9.42. The zero-order chi connectivity index (χ0) is 15.1. The van der Waals surface area contributed by atoms with Gasteiger partial charge in [-0.25, -0.2) is 0 Å². The Labute approximate surface area is 139 Å². The third-order valence-corrected chi connectivity index (χ3v) is 4.41. The van der Waals surface area contributed by atoms with Crippen LogP contribution in [0.3, 0.4) is 0 Å². The van der Waals surface area contributed by atoms with Gasteiger partial charge in [-0.05, 0) is 50.7 Å². The van der Waals surface area contributed by atoms with Crippen LogP contribution < -0.4 is 11.1 Å². The number of hydrogen-bond acceptors (Lipinski definition) is 3. The van der Waals surface area contributed by atoms with Crippen molar-refractivity contribution < 1.29 is 4.79 Å². The summed E-state index contributed by atoms with van der Waals surface area (Å²) in [7, 11) is 0. The van der Waals surface area contributed by atoms with Gasteiger partial charge in [0.05, 0.1) is 0 Å². The van der Waals surface area contributed by atoms with Gasteiger partial charge in [-0.15, -0.1) is 23.7 Å². The third kappa shape index (κ3) is 7.84. The first-order valence-electron chi connectivity index (χ1n) is 7.47. The highest BCUT2D eigenvalue weighted by molar-refractivity contribution is 7.12. The molecule has 1 aromatic rings. The molecule has 0 saturated carbocycles. The average Bonchev–Trinajstić information content (AvgIpc) is 2.66. The number of amides is 1. The van der Waals surface area contributed by atoms with Crippen molar-refractivity contribution in [2.24, 2.45) is 11.7 Å². The van der Waals surface area contributed by atoms with Gasteiger partial charge in [0.1, 0.15) is 0 Å². The summed E-state index contributed by atoms with van der Waals surface area (Å²) in [6.07, 6.45) is 3.43. The van der Waals surface area contributed by atoms with E-state index in [1.54, 1.807) is 0 Å². The van der Waals surface area contributed by atoms with Crippen molar-refractivity contribution in [1.29, 1.82) is 0 Å². The fourth-order valence-electron chi connectivity index (χ4n) is 2.45. The summed E-state index contributed by atoms with van der Waals surface area (Å²) in [5, 5.41) is 3.04. The Morgan fingerprint density at radius 1 is 1.38 bits per heavy atom. The quantitative estimate of drug-likeness (QED) is 0.764. The van der Waals surface area contributed by atoms with Crippen LogP contribution in [-0.4, -0.2) is 18.5 Å². The topological polar surface area (TPSA) is 55.1 Å². The molecule has 3 N–H and O–H groups in total. The lowest BCUT2D eigenvalue weighted by Crippen LogP contribution is -2.40. The van der Waals surface area contributed by atoms with E-state index in [0.717, 1.165) is 19.3 Å². The van der Waals surface area contributed by atoms with Crippen molar-refractivity contribution in [2.45, 2.75) is 59.4 Å². The molecule has 0 bridgehead atoms. The molecule has 0 spiro atoms. The molecular formula is C16H29ClN2OS. The van der Waals surface area contributed by atoms with Crippen LogP contribution in [0.5, 0.6) is 0 Å². The van der Waals surface area contributed by atoms with Gasteiger partial charge in [0.2, 0.25) is 5.91 Å². The molecule has 5 heteroatoms. The Kier molecular flexibility index (Phi) is 9.92. The number of carbonyl (C=O) groups excluding carboxylic acids is 1. The van der Waals surface area contributed by atoms with Crippen LogP contribution in [0, 0.1) is 19.8 Å². The number of aryl methyl sites for hydroxylation is 3. The van der Waals surface area contributed by atoms with E-state index >= 15 is 0 Å². The molecule has 0 fully saturated rings. The van der Waals surface area contributed by atoms with Crippen molar-refractivity contribution in [3.63, 3.8) is 0 Å². The van der Waals surface area contributed by atoms with Crippen LogP contribution in [0.2, 0.25) is 0 Å². The van der Waals surface area contributed by atoms with Crippen molar-refractivity contribution >= 4 is 29.7 Å². The van der Waals surface area contributed by atoms with Crippen molar-refractivity contribution in [2.75, 3.05) is 6.54 Å². The first-order valence-corrected chi connectivity index (χ1v) is 8.29. The summed E-state index contributed by atoms with van der Waals surface area (Å²) in [6, 6.07) is 2.35. The van der Waals surface area contributed by atoms with Crippen molar-refractivity contribution in [3.8, 4) is 0 Å². The largest absolute Gasteiger partial charge is 0.352 e. The van der Waals surface area contributed by atoms with Gasteiger partial charge < -0.3 is 11.1 Å². The molecule has 3 nitrogen and oxygen atoms in total. The summed E-state index contributed by atoms with van der Waals surface area (Å²) >= 11 is 1.83. The number of nitrogens with two attached hydrogens (primary N) is 1. The molecule has 0 aliphatic carbocycles. The monoisotopic (exact) mass is 332 g/mol. The van der Waals surface area contributed by atoms with Crippen LogP contribution >= 0.6 is 23.7 Å². The van der Waals surface area contributed by atoms with Crippen LogP contribution in [-0.2, 0) is 11.2 Å². The molecule has 1 rings (SSSR count).